The van der Waals surface area contributed by atoms with Crippen molar-refractivity contribution in [1.82, 2.24) is 10.3 Å². The quantitative estimate of drug-likeness (QED) is 0.175. The smallest absolute Gasteiger partial charge is 0.341 e. The number of ketones is 1. The van der Waals surface area contributed by atoms with Gasteiger partial charge in [-0.25, -0.2) is 19.0 Å². The fourth-order valence-corrected chi connectivity index (χ4v) is 4.20. The van der Waals surface area contributed by atoms with Gasteiger partial charge in [0.25, 0.3) is 0 Å². The van der Waals surface area contributed by atoms with Crippen molar-refractivity contribution in [2.75, 3.05) is 12.1 Å². The van der Waals surface area contributed by atoms with Gasteiger partial charge in [0, 0.05) is 41.2 Å². The summed E-state index contributed by atoms with van der Waals surface area (Å²) in [7, 11) is 0. The zero-order valence-electron chi connectivity index (χ0n) is 20.5. The molecule has 0 saturated heterocycles. The first-order valence-electron chi connectivity index (χ1n) is 11.9. The first-order valence-corrected chi connectivity index (χ1v) is 12.7. The number of halogens is 2. The molecule has 4 rings (SSSR count). The molecule has 2 aromatic carbocycles. The fourth-order valence-electron chi connectivity index (χ4n) is 3.97. The molecule has 9 nitrogen and oxygen atoms in total. The number of nitrogens with two attached hydrogens (primary N) is 1. The number of urea groups is 1. The maximum absolute atomic E-state index is 14.5. The van der Waals surface area contributed by atoms with E-state index in [4.69, 9.17) is 15.2 Å². The van der Waals surface area contributed by atoms with Crippen LogP contribution in [0, 0.1) is 5.82 Å². The van der Waals surface area contributed by atoms with Crippen molar-refractivity contribution >= 4 is 39.5 Å². The number of carbonyl (C=O) groups is 3. The van der Waals surface area contributed by atoms with Crippen LogP contribution in [0.3, 0.4) is 0 Å². The van der Waals surface area contributed by atoms with Gasteiger partial charge in [-0.2, -0.15) is 0 Å². The summed E-state index contributed by atoms with van der Waals surface area (Å²) in [6.45, 7) is 1.44. The van der Waals surface area contributed by atoms with Crippen LogP contribution < -0.4 is 21.1 Å². The van der Waals surface area contributed by atoms with Crippen molar-refractivity contribution in [3.63, 3.8) is 0 Å². The van der Waals surface area contributed by atoms with Gasteiger partial charge in [-0.05, 0) is 64.3 Å². The standard InChI is InChI=1S/C27H26BrFN4O5/c1-2-23(34)21-10-18(29)9-20(19-11-22(19)32-27(36)33-24-7-6-17(28)13-31-24)25(21)37-14-38-26(35)16-5-3-4-15(8-16)12-30/h3-10,13,19,22H,2,11-12,14,30H2,1H3,(H2,31,32,33,36). The van der Waals surface area contributed by atoms with Gasteiger partial charge < -0.3 is 20.5 Å². The summed E-state index contributed by atoms with van der Waals surface area (Å²) in [5.74, 6) is -1.36. The lowest BCUT2D eigenvalue weighted by molar-refractivity contribution is 0.0149. The molecule has 4 N–H and O–H groups in total. The van der Waals surface area contributed by atoms with E-state index in [1.807, 2.05) is 0 Å². The highest BCUT2D eigenvalue weighted by atomic mass is 79.9. The Morgan fingerprint density at radius 1 is 1.18 bits per heavy atom. The molecule has 1 fully saturated rings. The SMILES string of the molecule is CCC(=O)c1cc(F)cc(C2CC2NC(=O)Nc2ccc(Br)cn2)c1OCOC(=O)c1cccc(CN)c1. The van der Waals surface area contributed by atoms with Gasteiger partial charge >= 0.3 is 12.0 Å². The predicted octanol–water partition coefficient (Wildman–Crippen LogP) is 4.91. The van der Waals surface area contributed by atoms with E-state index in [9.17, 15) is 18.8 Å². The maximum atomic E-state index is 14.5. The van der Waals surface area contributed by atoms with Gasteiger partial charge in [-0.1, -0.05) is 19.1 Å². The third-order valence-electron chi connectivity index (χ3n) is 5.97. The summed E-state index contributed by atoms with van der Waals surface area (Å²) in [5.41, 5.74) is 7.16. The first kappa shape index (κ1) is 27.2. The summed E-state index contributed by atoms with van der Waals surface area (Å²) >= 11 is 3.28. The van der Waals surface area contributed by atoms with Crippen LogP contribution in [0.2, 0.25) is 0 Å². The molecular weight excluding hydrogens is 559 g/mol. The normalized spacial score (nSPS) is 15.9. The molecule has 0 aliphatic heterocycles. The number of aromatic nitrogens is 1. The van der Waals surface area contributed by atoms with Crippen molar-refractivity contribution in [3.8, 4) is 5.75 Å². The molecule has 3 aromatic rings. The van der Waals surface area contributed by atoms with E-state index in [0.717, 1.165) is 16.1 Å². The molecule has 11 heteroatoms. The van der Waals surface area contributed by atoms with Crippen molar-refractivity contribution in [2.24, 2.45) is 5.73 Å². The highest BCUT2D eigenvalue weighted by Gasteiger charge is 2.42. The number of carbonyl (C=O) groups excluding carboxylic acids is 3. The fraction of sp³-hybridized carbons (Fsp3) is 0.259. The summed E-state index contributed by atoms with van der Waals surface area (Å²) in [6, 6.07) is 11.7. The van der Waals surface area contributed by atoms with Crippen LogP contribution in [0.15, 0.2) is 59.2 Å². The minimum absolute atomic E-state index is 0.0536. The molecule has 2 amide bonds. The largest absolute Gasteiger partial charge is 0.456 e. The molecule has 0 radical (unpaired) electrons. The van der Waals surface area contributed by atoms with Gasteiger partial charge in [-0.3, -0.25) is 10.1 Å². The minimum Gasteiger partial charge on any atom is -0.456 e. The van der Waals surface area contributed by atoms with E-state index in [0.29, 0.717) is 23.4 Å². The van der Waals surface area contributed by atoms with E-state index < -0.39 is 24.6 Å². The Morgan fingerprint density at radius 2 is 2.00 bits per heavy atom. The molecule has 38 heavy (non-hydrogen) atoms. The molecule has 0 spiro atoms. The maximum Gasteiger partial charge on any atom is 0.341 e. The summed E-state index contributed by atoms with van der Waals surface area (Å²) < 4.78 is 26.3. The van der Waals surface area contributed by atoms with Crippen LogP contribution in [0.1, 0.15) is 57.5 Å². The Morgan fingerprint density at radius 3 is 2.71 bits per heavy atom. The summed E-state index contributed by atoms with van der Waals surface area (Å²) in [5, 5.41) is 5.46. The predicted molar refractivity (Wildman–Crippen MR) is 142 cm³/mol. The number of rotatable bonds is 10. The van der Waals surface area contributed by atoms with Crippen LogP contribution in [0.4, 0.5) is 15.0 Å². The Balaban J connectivity index is 1.46. The molecule has 1 aliphatic carbocycles. The van der Waals surface area contributed by atoms with Crippen molar-refractivity contribution in [2.45, 2.75) is 38.3 Å². The van der Waals surface area contributed by atoms with Crippen LogP contribution in [-0.2, 0) is 11.3 Å². The Bertz CT molecular complexity index is 1350. The Labute approximate surface area is 227 Å². The van der Waals surface area contributed by atoms with Crippen molar-refractivity contribution < 1.29 is 28.2 Å². The van der Waals surface area contributed by atoms with Crippen molar-refractivity contribution in [3.05, 3.63) is 87.3 Å². The number of ether oxygens (including phenoxy) is 2. The number of Topliss-reactive ketones (excluding diaryl/α,β-unsaturated/α-hetero) is 1. The van der Waals surface area contributed by atoms with Gasteiger partial charge in [0.2, 0.25) is 6.79 Å². The third-order valence-corrected chi connectivity index (χ3v) is 6.44. The third kappa shape index (κ3) is 6.73. The minimum atomic E-state index is -0.628. The topological polar surface area (TPSA) is 133 Å². The molecular formula is C27H26BrFN4O5. The van der Waals surface area contributed by atoms with Gasteiger partial charge in [0.1, 0.15) is 17.4 Å². The number of esters is 1. The zero-order chi connectivity index (χ0) is 27.2. The van der Waals surface area contributed by atoms with Crippen LogP contribution in [0.25, 0.3) is 0 Å². The molecule has 198 valence electrons. The molecule has 2 unspecified atom stereocenters. The highest BCUT2D eigenvalue weighted by Crippen LogP contribution is 2.46. The highest BCUT2D eigenvalue weighted by molar-refractivity contribution is 9.10. The molecule has 1 saturated carbocycles. The van der Waals surface area contributed by atoms with Crippen LogP contribution in [-0.4, -0.2) is 35.6 Å². The monoisotopic (exact) mass is 584 g/mol. The summed E-state index contributed by atoms with van der Waals surface area (Å²) in [6.07, 6.45) is 2.19. The number of nitrogens with one attached hydrogen (secondary N) is 2. The second-order valence-electron chi connectivity index (χ2n) is 8.66. The van der Waals surface area contributed by atoms with E-state index in [1.165, 1.54) is 6.07 Å². The molecule has 1 heterocycles. The average Bonchev–Trinajstić information content (AvgIpc) is 3.68. The number of benzene rings is 2. The van der Waals surface area contributed by atoms with Crippen LogP contribution >= 0.6 is 15.9 Å². The van der Waals surface area contributed by atoms with Gasteiger partial charge in [-0.15, -0.1) is 0 Å². The molecule has 2 atom stereocenters. The number of pyridine rings is 1. The molecule has 1 aromatic heterocycles. The molecule has 1 aliphatic rings. The van der Waals surface area contributed by atoms with Gasteiger partial charge in [0.15, 0.2) is 5.78 Å². The van der Waals surface area contributed by atoms with Crippen LogP contribution in [0.5, 0.6) is 5.75 Å². The summed E-state index contributed by atoms with van der Waals surface area (Å²) in [4.78, 5) is 41.6. The first-order chi connectivity index (χ1) is 18.3. The second-order valence-corrected chi connectivity index (χ2v) is 9.57. The number of hydrogen-bond acceptors (Lipinski definition) is 7. The number of amides is 2. The van der Waals surface area contributed by atoms with E-state index in [-0.39, 0.29) is 42.0 Å². The van der Waals surface area contributed by atoms with Crippen molar-refractivity contribution in [1.29, 1.82) is 0 Å². The molecule has 0 bridgehead atoms. The lowest BCUT2D eigenvalue weighted by Gasteiger charge is -2.16. The average molecular weight is 585 g/mol. The number of hydrogen-bond donors (Lipinski definition) is 3. The lowest BCUT2D eigenvalue weighted by Crippen LogP contribution is -2.31. The Kier molecular flexibility index (Phi) is 8.70. The Hall–Kier alpha value is -3.83. The lowest BCUT2D eigenvalue weighted by atomic mass is 10.00. The zero-order valence-corrected chi connectivity index (χ0v) is 22.1. The number of anilines is 1. The number of nitrogens with zero attached hydrogens (tertiary/aromatic N) is 1. The van der Waals surface area contributed by atoms with Gasteiger partial charge in [0.05, 0.1) is 11.1 Å². The van der Waals surface area contributed by atoms with E-state index in [2.05, 4.69) is 31.5 Å². The second kappa shape index (κ2) is 12.1. The van der Waals surface area contributed by atoms with E-state index in [1.54, 1.807) is 49.5 Å². The van der Waals surface area contributed by atoms with E-state index >= 15 is 0 Å².